The summed E-state index contributed by atoms with van der Waals surface area (Å²) in [6, 6.07) is 0.0539. The second-order valence-electron chi connectivity index (χ2n) is 7.02. The maximum atomic E-state index is 11.3. The Morgan fingerprint density at radius 2 is 2.08 bits per heavy atom. The molecule has 2 aliphatic heterocycles. The summed E-state index contributed by atoms with van der Waals surface area (Å²) in [5.74, 6) is 3.24. The van der Waals surface area contributed by atoms with Crippen LogP contribution in [-0.2, 0) is 14.6 Å². The largest absolute Gasteiger partial charge is 0.379 e. The van der Waals surface area contributed by atoms with Crippen LogP contribution in [0.15, 0.2) is 4.99 Å². The number of nitrogens with zero attached hydrogens (tertiary/aromatic N) is 2. The summed E-state index contributed by atoms with van der Waals surface area (Å²) in [5, 5.41) is 6.78. The molecule has 10 heteroatoms. The lowest BCUT2D eigenvalue weighted by atomic mass is 9.95. The van der Waals surface area contributed by atoms with Gasteiger partial charge in [0, 0.05) is 50.3 Å². The summed E-state index contributed by atoms with van der Waals surface area (Å²) in [7, 11) is -1.18. The smallest absolute Gasteiger partial charge is 0.191 e. The van der Waals surface area contributed by atoms with E-state index in [4.69, 9.17) is 4.74 Å². The molecule has 2 N–H and O–H groups in total. The lowest BCUT2D eigenvalue weighted by Crippen LogP contribution is -2.60. The number of morpholine rings is 1. The molecule has 0 amide bonds. The van der Waals surface area contributed by atoms with E-state index in [0.717, 1.165) is 44.6 Å². The number of sulfone groups is 1. The number of halogens is 1. The number of rotatable bonds is 7. The highest BCUT2D eigenvalue weighted by atomic mass is 127. The monoisotopic (exact) mass is 520 g/mol. The Hall–Kier alpha value is 0.220. The van der Waals surface area contributed by atoms with E-state index in [-0.39, 0.29) is 41.3 Å². The molecular formula is C16H33IN4O3S2. The predicted octanol–water partition coefficient (Wildman–Crippen LogP) is 0.801. The number of thioether (sulfide) groups is 1. The maximum absolute atomic E-state index is 11.3. The van der Waals surface area contributed by atoms with E-state index >= 15 is 0 Å². The number of ether oxygens (including phenoxy) is 1. The third-order valence-corrected chi connectivity index (χ3v) is 7.09. The molecule has 0 bridgehead atoms. The van der Waals surface area contributed by atoms with Gasteiger partial charge in [0.25, 0.3) is 0 Å². The van der Waals surface area contributed by atoms with Gasteiger partial charge in [-0.2, -0.15) is 11.8 Å². The van der Waals surface area contributed by atoms with Crippen LogP contribution in [0.2, 0.25) is 0 Å². The SMILES string of the molecule is CN=C(NCC1(N2CCOCC2)CCSC1)NC(C)CCS(C)(=O)=O.I. The lowest BCUT2D eigenvalue weighted by Gasteiger charge is -2.43. The second kappa shape index (κ2) is 11.3. The highest BCUT2D eigenvalue weighted by molar-refractivity contribution is 14.0. The molecular weight excluding hydrogens is 487 g/mol. The topological polar surface area (TPSA) is 83.0 Å². The van der Waals surface area contributed by atoms with Crippen LogP contribution < -0.4 is 10.6 Å². The van der Waals surface area contributed by atoms with Crippen LogP contribution in [-0.4, -0.2) is 94.3 Å². The highest BCUT2D eigenvalue weighted by Gasteiger charge is 2.40. The van der Waals surface area contributed by atoms with Gasteiger partial charge in [0.2, 0.25) is 0 Å². The Bertz CT molecular complexity index is 548. The predicted molar refractivity (Wildman–Crippen MR) is 121 cm³/mol. The fourth-order valence-electron chi connectivity index (χ4n) is 3.27. The van der Waals surface area contributed by atoms with Gasteiger partial charge in [-0.25, -0.2) is 8.42 Å². The zero-order valence-electron chi connectivity index (χ0n) is 16.0. The standard InChI is InChI=1S/C16H32N4O3S2.HI/c1-14(4-11-25(3,21)22)19-15(17-2)18-12-16(5-10-24-13-16)20-6-8-23-9-7-20;/h14H,4-13H2,1-3H3,(H2,17,18,19);1H. The van der Waals surface area contributed by atoms with E-state index in [1.807, 2.05) is 18.7 Å². The van der Waals surface area contributed by atoms with E-state index < -0.39 is 9.84 Å². The molecule has 26 heavy (non-hydrogen) atoms. The van der Waals surface area contributed by atoms with Crippen molar-refractivity contribution >= 4 is 51.5 Å². The molecule has 0 aromatic carbocycles. The fourth-order valence-corrected chi connectivity index (χ4v) is 5.53. The normalized spacial score (nSPS) is 26.2. The molecule has 0 aliphatic carbocycles. The van der Waals surface area contributed by atoms with Crippen LogP contribution in [0.1, 0.15) is 19.8 Å². The number of hydrogen-bond acceptors (Lipinski definition) is 6. The molecule has 2 atom stereocenters. The lowest BCUT2D eigenvalue weighted by molar-refractivity contribution is -0.0120. The third kappa shape index (κ3) is 7.69. The van der Waals surface area contributed by atoms with E-state index in [1.165, 1.54) is 18.4 Å². The average Bonchev–Trinajstić information content (AvgIpc) is 3.07. The molecule has 0 aromatic heterocycles. The van der Waals surface area contributed by atoms with Gasteiger partial charge in [0.1, 0.15) is 9.84 Å². The Kier molecular flexibility index (Phi) is 10.5. The Morgan fingerprint density at radius 1 is 1.38 bits per heavy atom. The van der Waals surface area contributed by atoms with Crippen molar-refractivity contribution in [3.8, 4) is 0 Å². The van der Waals surface area contributed by atoms with Gasteiger partial charge < -0.3 is 15.4 Å². The summed E-state index contributed by atoms with van der Waals surface area (Å²) in [4.78, 5) is 6.86. The molecule has 0 spiro atoms. The molecule has 2 rings (SSSR count). The van der Waals surface area contributed by atoms with Crippen molar-refractivity contribution in [1.82, 2.24) is 15.5 Å². The quantitative estimate of drug-likeness (QED) is 0.292. The van der Waals surface area contributed by atoms with Crippen LogP contribution in [0.25, 0.3) is 0 Å². The van der Waals surface area contributed by atoms with Crippen molar-refractivity contribution in [1.29, 1.82) is 0 Å². The van der Waals surface area contributed by atoms with Gasteiger partial charge >= 0.3 is 0 Å². The minimum absolute atomic E-state index is 0. The van der Waals surface area contributed by atoms with Gasteiger partial charge in [-0.15, -0.1) is 24.0 Å². The molecule has 7 nitrogen and oxygen atoms in total. The molecule has 2 aliphatic rings. The van der Waals surface area contributed by atoms with Crippen molar-refractivity contribution < 1.29 is 13.2 Å². The molecule has 0 radical (unpaired) electrons. The van der Waals surface area contributed by atoms with Gasteiger partial charge in [0.15, 0.2) is 5.96 Å². The van der Waals surface area contributed by atoms with Crippen LogP contribution in [0.5, 0.6) is 0 Å². The Morgan fingerprint density at radius 3 is 2.62 bits per heavy atom. The van der Waals surface area contributed by atoms with E-state index in [9.17, 15) is 8.42 Å². The summed E-state index contributed by atoms with van der Waals surface area (Å²) >= 11 is 2.01. The number of nitrogens with one attached hydrogen (secondary N) is 2. The van der Waals surface area contributed by atoms with Crippen molar-refractivity contribution in [2.24, 2.45) is 4.99 Å². The first-order valence-electron chi connectivity index (χ1n) is 8.90. The molecule has 154 valence electrons. The number of aliphatic imine (C=N–C) groups is 1. The van der Waals surface area contributed by atoms with E-state index in [0.29, 0.717) is 6.42 Å². The summed E-state index contributed by atoms with van der Waals surface area (Å²) in [6.45, 7) is 6.42. The maximum Gasteiger partial charge on any atom is 0.191 e. The average molecular weight is 521 g/mol. The van der Waals surface area contributed by atoms with Crippen molar-refractivity contribution in [3.05, 3.63) is 0 Å². The molecule has 2 fully saturated rings. The molecule has 2 unspecified atom stereocenters. The minimum atomic E-state index is -2.93. The minimum Gasteiger partial charge on any atom is -0.379 e. The van der Waals surface area contributed by atoms with Crippen LogP contribution in [0.3, 0.4) is 0 Å². The molecule has 2 heterocycles. The third-order valence-electron chi connectivity index (χ3n) is 4.88. The van der Waals surface area contributed by atoms with Crippen molar-refractivity contribution in [2.45, 2.75) is 31.3 Å². The zero-order chi connectivity index (χ0) is 18.3. The van der Waals surface area contributed by atoms with Crippen LogP contribution in [0.4, 0.5) is 0 Å². The first kappa shape index (κ1) is 24.3. The summed E-state index contributed by atoms with van der Waals surface area (Å²) < 4.78 is 28.1. The molecule has 0 aromatic rings. The van der Waals surface area contributed by atoms with Crippen molar-refractivity contribution in [3.63, 3.8) is 0 Å². The molecule has 2 saturated heterocycles. The second-order valence-corrected chi connectivity index (χ2v) is 10.4. The first-order chi connectivity index (χ1) is 11.8. The Balaban J connectivity index is 0.00000338. The fraction of sp³-hybridized carbons (Fsp3) is 0.938. The Labute approximate surface area is 179 Å². The van der Waals surface area contributed by atoms with E-state index in [2.05, 4.69) is 20.5 Å². The zero-order valence-corrected chi connectivity index (χ0v) is 20.0. The van der Waals surface area contributed by atoms with Gasteiger partial charge in [0.05, 0.1) is 19.0 Å². The van der Waals surface area contributed by atoms with Crippen LogP contribution >= 0.6 is 35.7 Å². The number of hydrogen-bond donors (Lipinski definition) is 2. The number of guanidine groups is 1. The summed E-state index contributed by atoms with van der Waals surface area (Å²) in [5.41, 5.74) is 0.155. The molecule has 0 saturated carbocycles. The first-order valence-corrected chi connectivity index (χ1v) is 12.1. The van der Waals surface area contributed by atoms with Gasteiger partial charge in [-0.05, 0) is 25.5 Å². The van der Waals surface area contributed by atoms with Gasteiger partial charge in [-0.3, -0.25) is 9.89 Å². The van der Waals surface area contributed by atoms with E-state index in [1.54, 1.807) is 7.05 Å². The van der Waals surface area contributed by atoms with Crippen LogP contribution in [0, 0.1) is 0 Å². The summed E-state index contributed by atoms with van der Waals surface area (Å²) in [6.07, 6.45) is 3.02. The highest BCUT2D eigenvalue weighted by Crippen LogP contribution is 2.33. The van der Waals surface area contributed by atoms with Gasteiger partial charge in [-0.1, -0.05) is 0 Å². The van der Waals surface area contributed by atoms with Crippen molar-refractivity contribution in [2.75, 3.05) is 63.4 Å².